The number of aryl methyl sites for hydroxylation is 1. The topological polar surface area (TPSA) is 92.3 Å². The molecule has 160 valence electrons. The SMILES string of the molecule is CC(=O)Nc1cccc(Nc2ncnc(N3CCC(Oc4ccccc4C)CC3)n2)c1. The maximum absolute atomic E-state index is 11.3. The first-order chi connectivity index (χ1) is 15.1. The van der Waals surface area contributed by atoms with Gasteiger partial charge in [0.1, 0.15) is 18.2 Å². The highest BCUT2D eigenvalue weighted by atomic mass is 16.5. The van der Waals surface area contributed by atoms with Crippen molar-refractivity contribution in [3.05, 3.63) is 60.4 Å². The first-order valence-corrected chi connectivity index (χ1v) is 10.4. The van der Waals surface area contributed by atoms with Gasteiger partial charge in [-0.05, 0) is 36.8 Å². The Morgan fingerprint density at radius 2 is 1.84 bits per heavy atom. The molecule has 1 aliphatic heterocycles. The van der Waals surface area contributed by atoms with Crippen LogP contribution in [0.15, 0.2) is 54.9 Å². The van der Waals surface area contributed by atoms with E-state index in [1.54, 1.807) is 0 Å². The van der Waals surface area contributed by atoms with E-state index in [0.29, 0.717) is 17.6 Å². The number of benzene rings is 2. The third-order valence-corrected chi connectivity index (χ3v) is 5.11. The summed E-state index contributed by atoms with van der Waals surface area (Å²) in [6.07, 6.45) is 3.51. The lowest BCUT2D eigenvalue weighted by Gasteiger charge is -2.32. The van der Waals surface area contributed by atoms with Gasteiger partial charge in [-0.25, -0.2) is 9.97 Å². The highest BCUT2D eigenvalue weighted by Gasteiger charge is 2.23. The molecule has 31 heavy (non-hydrogen) atoms. The molecule has 1 aromatic heterocycles. The fourth-order valence-electron chi connectivity index (χ4n) is 3.55. The molecule has 0 spiro atoms. The normalized spacial score (nSPS) is 14.2. The molecule has 4 rings (SSSR count). The minimum Gasteiger partial charge on any atom is -0.490 e. The van der Waals surface area contributed by atoms with Crippen LogP contribution in [-0.2, 0) is 4.79 Å². The van der Waals surface area contributed by atoms with Gasteiger partial charge in [0.25, 0.3) is 0 Å². The van der Waals surface area contributed by atoms with E-state index >= 15 is 0 Å². The average Bonchev–Trinajstić information content (AvgIpc) is 2.76. The van der Waals surface area contributed by atoms with Crippen LogP contribution in [0.25, 0.3) is 0 Å². The van der Waals surface area contributed by atoms with Gasteiger partial charge in [0.15, 0.2) is 0 Å². The van der Waals surface area contributed by atoms with Gasteiger partial charge in [-0.15, -0.1) is 0 Å². The van der Waals surface area contributed by atoms with Crippen LogP contribution in [0.3, 0.4) is 0 Å². The molecule has 2 heterocycles. The number of hydrogen-bond donors (Lipinski definition) is 2. The van der Waals surface area contributed by atoms with Crippen molar-refractivity contribution in [3.63, 3.8) is 0 Å². The van der Waals surface area contributed by atoms with Crippen LogP contribution >= 0.6 is 0 Å². The van der Waals surface area contributed by atoms with E-state index in [0.717, 1.165) is 42.9 Å². The van der Waals surface area contributed by atoms with E-state index < -0.39 is 0 Å². The summed E-state index contributed by atoms with van der Waals surface area (Å²) in [5.41, 5.74) is 2.65. The zero-order chi connectivity index (χ0) is 21.6. The van der Waals surface area contributed by atoms with Crippen LogP contribution < -0.4 is 20.3 Å². The van der Waals surface area contributed by atoms with Crippen LogP contribution in [0.4, 0.5) is 23.3 Å². The molecule has 0 unspecified atom stereocenters. The second-order valence-corrected chi connectivity index (χ2v) is 7.57. The van der Waals surface area contributed by atoms with Crippen molar-refractivity contribution in [1.29, 1.82) is 0 Å². The molecule has 1 aliphatic rings. The number of aromatic nitrogens is 3. The third kappa shape index (κ3) is 5.48. The predicted molar refractivity (Wildman–Crippen MR) is 121 cm³/mol. The van der Waals surface area contributed by atoms with Crippen LogP contribution in [0.5, 0.6) is 5.75 Å². The molecule has 8 nitrogen and oxygen atoms in total. The summed E-state index contributed by atoms with van der Waals surface area (Å²) < 4.78 is 6.19. The lowest BCUT2D eigenvalue weighted by molar-refractivity contribution is -0.114. The van der Waals surface area contributed by atoms with Crippen molar-refractivity contribution < 1.29 is 9.53 Å². The maximum atomic E-state index is 11.3. The molecule has 0 atom stereocenters. The number of amides is 1. The van der Waals surface area contributed by atoms with Crippen LogP contribution in [0, 0.1) is 6.92 Å². The minimum absolute atomic E-state index is 0.116. The van der Waals surface area contributed by atoms with Crippen LogP contribution in [-0.4, -0.2) is 40.1 Å². The van der Waals surface area contributed by atoms with Gasteiger partial charge in [-0.2, -0.15) is 4.98 Å². The standard InChI is InChI=1S/C23H26N6O2/c1-16-6-3-4-9-21(16)31-20-10-12-29(13-11-20)23-25-15-24-22(28-23)27-19-8-5-7-18(14-19)26-17(2)30/h3-9,14-15,20H,10-13H2,1-2H3,(H,26,30)(H,24,25,27,28). The molecular formula is C23H26N6O2. The summed E-state index contributed by atoms with van der Waals surface area (Å²) in [6, 6.07) is 15.5. The Bertz CT molecular complexity index is 1050. The Morgan fingerprint density at radius 1 is 1.06 bits per heavy atom. The Labute approximate surface area is 181 Å². The van der Waals surface area contributed by atoms with Gasteiger partial charge in [0, 0.05) is 44.2 Å². The van der Waals surface area contributed by atoms with Crippen molar-refractivity contribution in [3.8, 4) is 5.75 Å². The van der Waals surface area contributed by atoms with Crippen molar-refractivity contribution in [2.24, 2.45) is 0 Å². The number of nitrogens with one attached hydrogen (secondary N) is 2. The van der Waals surface area contributed by atoms with E-state index in [9.17, 15) is 4.79 Å². The van der Waals surface area contributed by atoms with Gasteiger partial charge in [-0.1, -0.05) is 24.3 Å². The van der Waals surface area contributed by atoms with Crippen molar-refractivity contribution >= 4 is 29.2 Å². The zero-order valence-corrected chi connectivity index (χ0v) is 17.7. The van der Waals surface area contributed by atoms with Gasteiger partial charge in [0.05, 0.1) is 0 Å². The maximum Gasteiger partial charge on any atom is 0.231 e. The number of nitrogens with zero attached hydrogens (tertiary/aromatic N) is 4. The van der Waals surface area contributed by atoms with E-state index in [2.05, 4.69) is 43.5 Å². The molecule has 0 aliphatic carbocycles. The number of piperidine rings is 1. The zero-order valence-electron chi connectivity index (χ0n) is 17.7. The lowest BCUT2D eigenvalue weighted by atomic mass is 10.1. The molecule has 1 amide bonds. The molecule has 1 fully saturated rings. The van der Waals surface area contributed by atoms with Gasteiger partial charge in [0.2, 0.25) is 17.8 Å². The number of ether oxygens (including phenoxy) is 1. The molecule has 2 N–H and O–H groups in total. The van der Waals surface area contributed by atoms with Crippen molar-refractivity contribution in [1.82, 2.24) is 15.0 Å². The molecule has 0 bridgehead atoms. The summed E-state index contributed by atoms with van der Waals surface area (Å²) in [5.74, 6) is 1.94. The second-order valence-electron chi connectivity index (χ2n) is 7.57. The van der Waals surface area contributed by atoms with Crippen LogP contribution in [0.2, 0.25) is 0 Å². The van der Waals surface area contributed by atoms with E-state index in [1.165, 1.54) is 13.3 Å². The average molecular weight is 419 g/mol. The minimum atomic E-state index is -0.116. The highest BCUT2D eigenvalue weighted by Crippen LogP contribution is 2.24. The number of carbonyl (C=O) groups is 1. The Kier molecular flexibility index (Phi) is 6.26. The molecule has 3 aromatic rings. The molecule has 2 aromatic carbocycles. The summed E-state index contributed by atoms with van der Waals surface area (Å²) >= 11 is 0. The fraction of sp³-hybridized carbons (Fsp3) is 0.304. The predicted octanol–water partition coefficient (Wildman–Crippen LogP) is 3.93. The number of anilines is 4. The number of rotatable bonds is 6. The number of hydrogen-bond acceptors (Lipinski definition) is 7. The lowest BCUT2D eigenvalue weighted by Crippen LogP contribution is -2.39. The second kappa shape index (κ2) is 9.42. The largest absolute Gasteiger partial charge is 0.490 e. The molecule has 1 saturated heterocycles. The summed E-state index contributed by atoms with van der Waals surface area (Å²) in [7, 11) is 0. The molecular weight excluding hydrogens is 392 g/mol. The summed E-state index contributed by atoms with van der Waals surface area (Å²) in [5, 5.41) is 5.95. The Morgan fingerprint density at radius 3 is 2.61 bits per heavy atom. The first-order valence-electron chi connectivity index (χ1n) is 10.4. The highest BCUT2D eigenvalue weighted by molar-refractivity contribution is 5.89. The number of para-hydroxylation sites is 1. The fourth-order valence-corrected chi connectivity index (χ4v) is 3.55. The third-order valence-electron chi connectivity index (χ3n) is 5.11. The van der Waals surface area contributed by atoms with Gasteiger partial charge >= 0.3 is 0 Å². The van der Waals surface area contributed by atoms with Gasteiger partial charge in [-0.3, -0.25) is 4.79 Å². The Hall–Kier alpha value is -3.68. The van der Waals surface area contributed by atoms with E-state index in [1.807, 2.05) is 42.5 Å². The smallest absolute Gasteiger partial charge is 0.231 e. The van der Waals surface area contributed by atoms with E-state index in [4.69, 9.17) is 4.74 Å². The van der Waals surface area contributed by atoms with E-state index in [-0.39, 0.29) is 12.0 Å². The van der Waals surface area contributed by atoms with Crippen LogP contribution in [0.1, 0.15) is 25.3 Å². The summed E-state index contributed by atoms with van der Waals surface area (Å²) in [6.45, 7) is 5.18. The molecule has 8 heteroatoms. The monoisotopic (exact) mass is 418 g/mol. The number of carbonyl (C=O) groups excluding carboxylic acids is 1. The quantitative estimate of drug-likeness (QED) is 0.627. The summed E-state index contributed by atoms with van der Waals surface area (Å²) in [4.78, 5) is 26.6. The van der Waals surface area contributed by atoms with Crippen molar-refractivity contribution in [2.45, 2.75) is 32.8 Å². The Balaban J connectivity index is 1.37. The van der Waals surface area contributed by atoms with Crippen molar-refractivity contribution in [2.75, 3.05) is 28.6 Å². The van der Waals surface area contributed by atoms with Gasteiger partial charge < -0.3 is 20.3 Å². The molecule has 0 saturated carbocycles. The first kappa shape index (κ1) is 20.6. The molecule has 0 radical (unpaired) electrons.